The van der Waals surface area contributed by atoms with Crippen molar-refractivity contribution in [2.24, 2.45) is 11.7 Å². The second-order valence-electron chi connectivity index (χ2n) is 7.81. The van der Waals surface area contributed by atoms with E-state index in [1.165, 1.54) is 0 Å². The first-order valence-corrected chi connectivity index (χ1v) is 10.2. The number of carbonyl (C=O) groups is 2. The van der Waals surface area contributed by atoms with Crippen molar-refractivity contribution in [1.29, 1.82) is 5.26 Å². The fourth-order valence-corrected chi connectivity index (χ4v) is 4.72. The molecule has 0 bridgehead atoms. The van der Waals surface area contributed by atoms with Crippen LogP contribution >= 0.6 is 11.6 Å². The van der Waals surface area contributed by atoms with Gasteiger partial charge in [0.15, 0.2) is 24.1 Å². The van der Waals surface area contributed by atoms with Gasteiger partial charge in [-0.1, -0.05) is 55.8 Å². The van der Waals surface area contributed by atoms with Crippen molar-refractivity contribution >= 4 is 29.0 Å². The standard InChI is InChI=1S/C23H24ClN3O2/c1-3-22(28)17-6-4-16(5-7-17)18-8-9-19(24)20(13-18)27(11-10-25)14-15(2)12-21(27)23(26)29/h4-9,13,15,21H,3,11-12,14H2,1-2H3,(H-,26,29)/p+1/t15-,21-,27?/m0/s1. The minimum absolute atomic E-state index is 0.0993. The highest BCUT2D eigenvalue weighted by Gasteiger charge is 2.51. The summed E-state index contributed by atoms with van der Waals surface area (Å²) in [7, 11) is 0. The third kappa shape index (κ3) is 3.91. The molecule has 150 valence electrons. The number of nitriles is 1. The Labute approximate surface area is 176 Å². The van der Waals surface area contributed by atoms with Gasteiger partial charge < -0.3 is 5.73 Å². The molecule has 3 rings (SSSR count). The molecule has 0 aromatic heterocycles. The Bertz CT molecular complexity index is 981. The van der Waals surface area contributed by atoms with Gasteiger partial charge in [0.05, 0.1) is 6.54 Å². The van der Waals surface area contributed by atoms with Gasteiger partial charge in [-0.15, -0.1) is 0 Å². The normalized spacial score (nSPS) is 23.5. The Morgan fingerprint density at radius 3 is 2.45 bits per heavy atom. The van der Waals surface area contributed by atoms with E-state index in [2.05, 4.69) is 13.0 Å². The van der Waals surface area contributed by atoms with Crippen LogP contribution in [-0.4, -0.2) is 30.8 Å². The lowest BCUT2D eigenvalue weighted by molar-refractivity contribution is -0.121. The van der Waals surface area contributed by atoms with Gasteiger partial charge in [-0.25, -0.2) is 0 Å². The average Bonchev–Trinajstić information content (AvgIpc) is 3.05. The number of hydrogen-bond acceptors (Lipinski definition) is 3. The zero-order valence-corrected chi connectivity index (χ0v) is 17.4. The molecule has 1 aliphatic rings. The molecule has 6 heteroatoms. The maximum Gasteiger partial charge on any atom is 0.276 e. The lowest BCUT2D eigenvalue weighted by Gasteiger charge is -2.37. The maximum absolute atomic E-state index is 12.2. The maximum atomic E-state index is 12.2. The van der Waals surface area contributed by atoms with Gasteiger partial charge >= 0.3 is 0 Å². The number of quaternary nitrogens is 1. The molecular formula is C23H25ClN3O2+. The largest absolute Gasteiger partial charge is 0.364 e. The molecule has 29 heavy (non-hydrogen) atoms. The molecule has 1 heterocycles. The summed E-state index contributed by atoms with van der Waals surface area (Å²) in [5, 5.41) is 10.0. The molecule has 1 unspecified atom stereocenters. The summed E-state index contributed by atoms with van der Waals surface area (Å²) < 4.78 is 0.159. The third-order valence-corrected chi connectivity index (χ3v) is 6.15. The molecule has 2 N–H and O–H groups in total. The van der Waals surface area contributed by atoms with Gasteiger partial charge in [-0.05, 0) is 17.2 Å². The molecule has 0 aliphatic carbocycles. The lowest BCUT2D eigenvalue weighted by Crippen LogP contribution is -2.58. The Hall–Kier alpha value is -2.68. The van der Waals surface area contributed by atoms with E-state index in [4.69, 9.17) is 17.3 Å². The van der Waals surface area contributed by atoms with Gasteiger partial charge in [0.1, 0.15) is 11.1 Å². The van der Waals surface area contributed by atoms with E-state index in [9.17, 15) is 14.9 Å². The van der Waals surface area contributed by atoms with Crippen molar-refractivity contribution in [3.63, 3.8) is 0 Å². The zero-order chi connectivity index (χ0) is 21.2. The monoisotopic (exact) mass is 410 g/mol. The fraction of sp³-hybridized carbons (Fsp3) is 0.348. The van der Waals surface area contributed by atoms with Crippen LogP contribution in [0.25, 0.3) is 11.1 Å². The summed E-state index contributed by atoms with van der Waals surface area (Å²) in [5.74, 6) is -0.0596. The number of Topliss-reactive ketones (excluding diaryl/α,β-unsaturated/α-hetero) is 1. The lowest BCUT2D eigenvalue weighted by atomic mass is 10.00. The summed E-state index contributed by atoms with van der Waals surface area (Å²) in [5.41, 5.74) is 9.00. The average molecular weight is 411 g/mol. The summed E-state index contributed by atoms with van der Waals surface area (Å²) in [6.07, 6.45) is 1.09. The molecule has 2 aromatic carbocycles. The first-order chi connectivity index (χ1) is 13.8. The SMILES string of the molecule is CCC(=O)c1ccc(-c2ccc(Cl)c([N+]3(CC#N)C[C@@H](C)C[C@H]3C(N)=O)c2)cc1. The van der Waals surface area contributed by atoms with Gasteiger partial charge in [0.25, 0.3) is 5.91 Å². The highest BCUT2D eigenvalue weighted by molar-refractivity contribution is 6.33. The van der Waals surface area contributed by atoms with Crippen molar-refractivity contribution < 1.29 is 9.59 Å². The molecule has 1 amide bonds. The van der Waals surface area contributed by atoms with E-state index in [1.54, 1.807) is 6.07 Å². The second kappa shape index (κ2) is 8.36. The number of hydrogen-bond donors (Lipinski definition) is 1. The van der Waals surface area contributed by atoms with E-state index in [-0.39, 0.29) is 22.7 Å². The number of halogens is 1. The molecule has 1 fully saturated rings. The van der Waals surface area contributed by atoms with Crippen LogP contribution in [0.2, 0.25) is 5.02 Å². The number of likely N-dealkylation sites (tertiary alicyclic amines) is 1. The number of carbonyl (C=O) groups excluding carboxylic acids is 2. The zero-order valence-electron chi connectivity index (χ0n) is 16.7. The molecule has 1 aliphatic heterocycles. The molecule has 5 nitrogen and oxygen atoms in total. The van der Waals surface area contributed by atoms with Crippen molar-refractivity contribution in [3.05, 3.63) is 53.1 Å². The first kappa shape index (κ1) is 21.0. The summed E-state index contributed by atoms with van der Waals surface area (Å²) in [6, 6.07) is 14.9. The smallest absolute Gasteiger partial charge is 0.276 e. The summed E-state index contributed by atoms with van der Waals surface area (Å²) in [6.45, 7) is 4.67. The van der Waals surface area contributed by atoms with Crippen LogP contribution in [0.15, 0.2) is 42.5 Å². The molecule has 1 saturated heterocycles. The molecule has 0 spiro atoms. The van der Waals surface area contributed by atoms with Crippen LogP contribution in [0, 0.1) is 17.2 Å². The highest BCUT2D eigenvalue weighted by Crippen LogP contribution is 2.42. The number of primary amides is 1. The van der Waals surface area contributed by atoms with Crippen LogP contribution in [-0.2, 0) is 4.79 Å². The number of nitrogens with zero attached hydrogens (tertiary/aromatic N) is 2. The van der Waals surface area contributed by atoms with E-state index < -0.39 is 11.9 Å². The predicted octanol–water partition coefficient (Wildman–Crippen LogP) is 4.32. The highest BCUT2D eigenvalue weighted by atomic mass is 35.5. The number of rotatable bonds is 6. The number of nitrogens with two attached hydrogens (primary N) is 1. The van der Waals surface area contributed by atoms with Gasteiger partial charge in [-0.2, -0.15) is 5.26 Å². The van der Waals surface area contributed by atoms with Gasteiger partial charge in [0.2, 0.25) is 0 Å². The summed E-state index contributed by atoms with van der Waals surface area (Å²) >= 11 is 6.57. The minimum atomic E-state index is -0.484. The van der Waals surface area contributed by atoms with Crippen LogP contribution in [0.4, 0.5) is 5.69 Å². The van der Waals surface area contributed by atoms with Crippen molar-refractivity contribution in [1.82, 2.24) is 4.48 Å². The number of amides is 1. The summed E-state index contributed by atoms with van der Waals surface area (Å²) in [4.78, 5) is 24.1. The molecule has 0 radical (unpaired) electrons. The van der Waals surface area contributed by atoms with Crippen molar-refractivity contribution in [2.75, 3.05) is 13.1 Å². The van der Waals surface area contributed by atoms with Crippen LogP contribution in [0.5, 0.6) is 0 Å². The van der Waals surface area contributed by atoms with Crippen LogP contribution in [0.3, 0.4) is 0 Å². The first-order valence-electron chi connectivity index (χ1n) is 9.79. The molecular weight excluding hydrogens is 386 g/mol. The third-order valence-electron chi connectivity index (χ3n) is 5.83. The molecule has 2 aromatic rings. The van der Waals surface area contributed by atoms with E-state index in [0.29, 0.717) is 30.0 Å². The quantitative estimate of drug-likeness (QED) is 0.437. The number of benzene rings is 2. The second-order valence-corrected chi connectivity index (χ2v) is 8.22. The van der Waals surface area contributed by atoms with E-state index >= 15 is 0 Å². The van der Waals surface area contributed by atoms with Crippen molar-refractivity contribution in [3.8, 4) is 17.2 Å². The Balaban J connectivity index is 2.09. The van der Waals surface area contributed by atoms with Crippen LogP contribution < -0.4 is 10.2 Å². The van der Waals surface area contributed by atoms with E-state index in [1.807, 2.05) is 43.3 Å². The molecule has 0 saturated carbocycles. The Morgan fingerprint density at radius 2 is 1.86 bits per heavy atom. The minimum Gasteiger partial charge on any atom is -0.364 e. The van der Waals surface area contributed by atoms with E-state index in [0.717, 1.165) is 16.8 Å². The number of ketones is 1. The predicted molar refractivity (Wildman–Crippen MR) is 115 cm³/mol. The Morgan fingerprint density at radius 1 is 1.21 bits per heavy atom. The molecule has 3 atom stereocenters. The van der Waals surface area contributed by atoms with Crippen LogP contribution in [0.1, 0.15) is 37.0 Å². The van der Waals surface area contributed by atoms with Crippen molar-refractivity contribution in [2.45, 2.75) is 32.7 Å². The van der Waals surface area contributed by atoms with Gasteiger partial charge in [0, 0.05) is 30.4 Å². The van der Waals surface area contributed by atoms with Gasteiger partial charge in [-0.3, -0.25) is 14.1 Å². The topological polar surface area (TPSA) is 83.9 Å². The fourth-order valence-electron chi connectivity index (χ4n) is 4.44. The Kier molecular flexibility index (Phi) is 6.07.